The zero-order valence-corrected chi connectivity index (χ0v) is 9.68. The summed E-state index contributed by atoms with van der Waals surface area (Å²) in [5, 5.41) is 8.97. The van der Waals surface area contributed by atoms with Crippen molar-refractivity contribution in [3.63, 3.8) is 0 Å². The minimum atomic E-state index is -2.02. The van der Waals surface area contributed by atoms with Gasteiger partial charge in [-0.05, 0) is 33.9 Å². The summed E-state index contributed by atoms with van der Waals surface area (Å²) in [6.07, 6.45) is 0. The molecule has 0 aromatic carbocycles. The molecular formula is C8H20O3Si. The third-order valence-corrected chi connectivity index (χ3v) is 3.42. The molecule has 0 unspecified atom stereocenters. The molecule has 0 spiro atoms. The molecular weight excluding hydrogens is 172 g/mol. The Bertz CT molecular complexity index is 134. The highest BCUT2D eigenvalue weighted by Crippen LogP contribution is 2.17. The van der Waals surface area contributed by atoms with Gasteiger partial charge in [0.2, 0.25) is 0 Å². The molecule has 0 bridgehead atoms. The zero-order chi connectivity index (χ0) is 9.83. The number of aliphatic hydroxyl groups excluding tert-OH is 1. The van der Waals surface area contributed by atoms with Gasteiger partial charge in [0.25, 0.3) is 0 Å². The molecule has 0 aliphatic carbocycles. The minimum absolute atomic E-state index is 0.0243. The lowest BCUT2D eigenvalue weighted by Crippen LogP contribution is -2.45. The standard InChI is InChI=1S/C8H20O3Si/c1-6-10-12(4,5)11-8(2,3)7-9/h9H,6-7H2,1-5H3. The molecule has 0 radical (unpaired) electrons. The second kappa shape index (κ2) is 4.37. The summed E-state index contributed by atoms with van der Waals surface area (Å²) in [6, 6.07) is 0. The maximum Gasteiger partial charge on any atom is 0.332 e. The SMILES string of the molecule is CCO[Si](C)(C)OC(C)(C)CO. The van der Waals surface area contributed by atoms with Crippen LogP contribution in [0, 0.1) is 0 Å². The molecule has 0 atom stereocenters. The molecule has 0 aliphatic rings. The van der Waals surface area contributed by atoms with Crippen LogP contribution in [0.3, 0.4) is 0 Å². The summed E-state index contributed by atoms with van der Waals surface area (Å²) < 4.78 is 11.2. The van der Waals surface area contributed by atoms with Gasteiger partial charge in [0, 0.05) is 6.61 Å². The van der Waals surface area contributed by atoms with Crippen LogP contribution in [-0.4, -0.2) is 32.5 Å². The molecule has 0 aromatic heterocycles. The molecule has 0 amide bonds. The third kappa shape index (κ3) is 4.87. The summed E-state index contributed by atoms with van der Waals surface area (Å²) in [5.41, 5.74) is -0.481. The first-order valence-corrected chi connectivity index (χ1v) is 7.09. The van der Waals surface area contributed by atoms with E-state index in [1.165, 1.54) is 0 Å². The van der Waals surface area contributed by atoms with Gasteiger partial charge in [0.15, 0.2) is 0 Å². The summed E-state index contributed by atoms with van der Waals surface area (Å²) in [5.74, 6) is 0. The first-order chi connectivity index (χ1) is 5.33. The Hall–Kier alpha value is 0.0969. The van der Waals surface area contributed by atoms with Gasteiger partial charge in [-0.1, -0.05) is 0 Å². The Balaban J connectivity index is 4.04. The van der Waals surface area contributed by atoms with Crippen molar-refractivity contribution in [2.45, 2.75) is 39.5 Å². The topological polar surface area (TPSA) is 38.7 Å². The van der Waals surface area contributed by atoms with Gasteiger partial charge >= 0.3 is 8.56 Å². The summed E-state index contributed by atoms with van der Waals surface area (Å²) in [6.45, 7) is 10.3. The van der Waals surface area contributed by atoms with E-state index in [0.29, 0.717) is 6.61 Å². The highest BCUT2D eigenvalue weighted by molar-refractivity contribution is 6.64. The molecule has 0 aromatic rings. The van der Waals surface area contributed by atoms with Crippen molar-refractivity contribution in [3.05, 3.63) is 0 Å². The predicted molar refractivity (Wildman–Crippen MR) is 51.4 cm³/mol. The van der Waals surface area contributed by atoms with Crippen molar-refractivity contribution in [2.24, 2.45) is 0 Å². The van der Waals surface area contributed by atoms with E-state index in [1.807, 2.05) is 33.9 Å². The van der Waals surface area contributed by atoms with Gasteiger partial charge in [0.1, 0.15) is 0 Å². The largest absolute Gasteiger partial charge is 0.395 e. The Morgan fingerprint density at radius 3 is 2.17 bits per heavy atom. The van der Waals surface area contributed by atoms with Gasteiger partial charge in [-0.2, -0.15) is 0 Å². The average Bonchev–Trinajstić information content (AvgIpc) is 1.85. The van der Waals surface area contributed by atoms with Crippen LogP contribution in [-0.2, 0) is 8.85 Å². The van der Waals surface area contributed by atoms with Gasteiger partial charge in [-0.25, -0.2) is 0 Å². The summed E-state index contributed by atoms with van der Waals surface area (Å²) >= 11 is 0. The maximum absolute atomic E-state index is 8.97. The first kappa shape index (κ1) is 12.1. The maximum atomic E-state index is 8.97. The highest BCUT2D eigenvalue weighted by atomic mass is 28.4. The predicted octanol–water partition coefficient (Wildman–Crippen LogP) is 1.51. The van der Waals surface area contributed by atoms with Crippen molar-refractivity contribution in [3.8, 4) is 0 Å². The van der Waals surface area contributed by atoms with Crippen LogP contribution in [0.2, 0.25) is 13.1 Å². The van der Waals surface area contributed by atoms with Crippen molar-refractivity contribution in [1.82, 2.24) is 0 Å². The Kier molecular flexibility index (Phi) is 4.40. The molecule has 0 aliphatic heterocycles. The second-order valence-corrected chi connectivity index (χ2v) is 7.15. The van der Waals surface area contributed by atoms with E-state index in [-0.39, 0.29) is 6.61 Å². The third-order valence-electron chi connectivity index (χ3n) is 1.39. The number of hydrogen-bond acceptors (Lipinski definition) is 3. The van der Waals surface area contributed by atoms with E-state index in [4.69, 9.17) is 14.0 Å². The smallest absolute Gasteiger partial charge is 0.332 e. The second-order valence-electron chi connectivity index (χ2n) is 3.85. The quantitative estimate of drug-likeness (QED) is 0.671. The van der Waals surface area contributed by atoms with Gasteiger partial charge in [-0.3, -0.25) is 0 Å². The van der Waals surface area contributed by atoms with Gasteiger partial charge in [0.05, 0.1) is 12.2 Å². The Morgan fingerprint density at radius 2 is 1.83 bits per heavy atom. The molecule has 0 saturated carbocycles. The lowest BCUT2D eigenvalue weighted by atomic mass is 10.2. The van der Waals surface area contributed by atoms with Crippen molar-refractivity contribution < 1.29 is 14.0 Å². The molecule has 3 nitrogen and oxygen atoms in total. The van der Waals surface area contributed by atoms with Crippen molar-refractivity contribution in [2.75, 3.05) is 13.2 Å². The normalized spacial score (nSPS) is 13.5. The minimum Gasteiger partial charge on any atom is -0.395 e. The monoisotopic (exact) mass is 192 g/mol. The van der Waals surface area contributed by atoms with Crippen LogP contribution in [0.1, 0.15) is 20.8 Å². The average molecular weight is 192 g/mol. The molecule has 0 saturated heterocycles. The van der Waals surface area contributed by atoms with Gasteiger partial charge in [-0.15, -0.1) is 0 Å². The van der Waals surface area contributed by atoms with Crippen molar-refractivity contribution in [1.29, 1.82) is 0 Å². The fourth-order valence-electron chi connectivity index (χ4n) is 1.07. The van der Waals surface area contributed by atoms with E-state index in [2.05, 4.69) is 0 Å². The van der Waals surface area contributed by atoms with Crippen LogP contribution < -0.4 is 0 Å². The molecule has 0 rings (SSSR count). The number of hydrogen-bond donors (Lipinski definition) is 1. The van der Waals surface area contributed by atoms with E-state index >= 15 is 0 Å². The lowest BCUT2D eigenvalue weighted by molar-refractivity contribution is 0.00798. The Labute approximate surface area is 75.9 Å². The highest BCUT2D eigenvalue weighted by Gasteiger charge is 2.32. The fourth-order valence-corrected chi connectivity index (χ4v) is 3.22. The number of rotatable bonds is 5. The first-order valence-electron chi connectivity index (χ1n) is 4.28. The van der Waals surface area contributed by atoms with E-state index in [0.717, 1.165) is 0 Å². The van der Waals surface area contributed by atoms with Crippen molar-refractivity contribution >= 4 is 8.56 Å². The summed E-state index contributed by atoms with van der Waals surface area (Å²) in [7, 11) is -2.02. The summed E-state index contributed by atoms with van der Waals surface area (Å²) in [4.78, 5) is 0. The van der Waals surface area contributed by atoms with Crippen LogP contribution in [0.25, 0.3) is 0 Å². The van der Waals surface area contributed by atoms with Crippen LogP contribution in [0.4, 0.5) is 0 Å². The van der Waals surface area contributed by atoms with E-state index in [9.17, 15) is 0 Å². The Morgan fingerprint density at radius 1 is 1.33 bits per heavy atom. The van der Waals surface area contributed by atoms with Gasteiger partial charge < -0.3 is 14.0 Å². The van der Waals surface area contributed by atoms with Crippen LogP contribution in [0.5, 0.6) is 0 Å². The fraction of sp³-hybridized carbons (Fsp3) is 1.00. The molecule has 4 heteroatoms. The lowest BCUT2D eigenvalue weighted by Gasteiger charge is -2.32. The van der Waals surface area contributed by atoms with E-state index < -0.39 is 14.2 Å². The van der Waals surface area contributed by atoms with Crippen LogP contribution >= 0.6 is 0 Å². The molecule has 0 heterocycles. The molecule has 74 valence electrons. The van der Waals surface area contributed by atoms with Crippen LogP contribution in [0.15, 0.2) is 0 Å². The van der Waals surface area contributed by atoms with E-state index in [1.54, 1.807) is 0 Å². The zero-order valence-electron chi connectivity index (χ0n) is 8.68. The molecule has 12 heavy (non-hydrogen) atoms. The molecule has 1 N–H and O–H groups in total. The molecule has 0 fully saturated rings. The number of aliphatic hydroxyl groups is 1.